The first-order valence-electron chi connectivity index (χ1n) is 10.6. The maximum absolute atomic E-state index is 11.8. The van der Waals surface area contributed by atoms with Crippen molar-refractivity contribution in [3.05, 3.63) is 0 Å². The molecule has 0 aromatic rings. The minimum absolute atomic E-state index is 0.161. The van der Waals surface area contributed by atoms with Crippen molar-refractivity contribution in [1.82, 2.24) is 0 Å². The number of aliphatic hydroxyl groups is 1. The highest BCUT2D eigenvalue weighted by Gasteiger charge is 2.16. The number of aliphatic hydroxyl groups excluding tert-OH is 1. The number of unbranched alkanes of at least 4 members (excludes halogenated alkanes) is 9. The van der Waals surface area contributed by atoms with Gasteiger partial charge in [-0.15, -0.1) is 0 Å². The molecular formula is C21H36O8. The minimum Gasteiger partial charge on any atom is -0.481 e. The topological polar surface area (TPSA) is 127 Å². The summed E-state index contributed by atoms with van der Waals surface area (Å²) in [5, 5.41) is 17.8. The zero-order valence-corrected chi connectivity index (χ0v) is 17.3. The smallest absolute Gasteiger partial charge is 0.306 e. The summed E-state index contributed by atoms with van der Waals surface area (Å²) in [6.45, 7) is -0.570. The third kappa shape index (κ3) is 19.1. The molecule has 0 bridgehead atoms. The van der Waals surface area contributed by atoms with E-state index in [1.165, 1.54) is 0 Å². The van der Waals surface area contributed by atoms with Crippen LogP contribution in [0, 0.1) is 0 Å². The first kappa shape index (κ1) is 27.0. The van der Waals surface area contributed by atoms with Crippen LogP contribution in [0.1, 0.15) is 89.9 Å². The largest absolute Gasteiger partial charge is 0.481 e. The molecule has 0 aliphatic carbocycles. The summed E-state index contributed by atoms with van der Waals surface area (Å²) >= 11 is 0. The Labute approximate surface area is 172 Å². The van der Waals surface area contributed by atoms with E-state index in [1.54, 1.807) is 0 Å². The lowest BCUT2D eigenvalue weighted by Crippen LogP contribution is -2.28. The molecule has 8 nitrogen and oxygen atoms in total. The van der Waals surface area contributed by atoms with Gasteiger partial charge in [-0.3, -0.25) is 14.4 Å². The van der Waals surface area contributed by atoms with Gasteiger partial charge in [0.15, 0.2) is 6.10 Å². The van der Waals surface area contributed by atoms with Crippen LogP contribution in [0.25, 0.3) is 0 Å². The summed E-state index contributed by atoms with van der Waals surface area (Å²) in [4.78, 5) is 44.1. The molecular weight excluding hydrogens is 380 g/mol. The lowest BCUT2D eigenvalue weighted by molar-refractivity contribution is -0.161. The highest BCUT2D eigenvalue weighted by atomic mass is 16.6. The van der Waals surface area contributed by atoms with Crippen LogP contribution in [0.4, 0.5) is 0 Å². The van der Waals surface area contributed by atoms with E-state index in [4.69, 9.17) is 14.6 Å². The fraction of sp³-hybridized carbons (Fsp3) is 0.810. The molecule has 0 saturated carbocycles. The summed E-state index contributed by atoms with van der Waals surface area (Å²) in [5.41, 5.74) is 0. The van der Waals surface area contributed by atoms with Crippen LogP contribution < -0.4 is 0 Å². The molecule has 0 fully saturated rings. The number of carboxylic acid groups (broad SMARTS) is 1. The lowest BCUT2D eigenvalue weighted by Gasteiger charge is -2.15. The second-order valence-electron chi connectivity index (χ2n) is 7.11. The second-order valence-corrected chi connectivity index (χ2v) is 7.11. The number of carbonyl (C=O) groups is 4. The Balaban J connectivity index is 3.69. The Hall–Kier alpha value is -1.96. The van der Waals surface area contributed by atoms with Crippen LogP contribution in [-0.2, 0) is 28.7 Å². The lowest BCUT2D eigenvalue weighted by atomic mass is 10.1. The van der Waals surface area contributed by atoms with Crippen molar-refractivity contribution in [2.24, 2.45) is 0 Å². The summed E-state index contributed by atoms with van der Waals surface area (Å²) in [7, 11) is 0. The van der Waals surface area contributed by atoms with Crippen LogP contribution in [0.15, 0.2) is 0 Å². The average molecular weight is 417 g/mol. The maximum atomic E-state index is 11.8. The van der Waals surface area contributed by atoms with E-state index >= 15 is 0 Å². The van der Waals surface area contributed by atoms with Crippen molar-refractivity contribution in [2.75, 3.05) is 13.2 Å². The van der Waals surface area contributed by atoms with Crippen LogP contribution in [-0.4, -0.2) is 53.7 Å². The van der Waals surface area contributed by atoms with Gasteiger partial charge in [0.1, 0.15) is 12.9 Å². The number of ether oxygens (including phenoxy) is 2. The number of rotatable bonds is 20. The highest BCUT2D eigenvalue weighted by Crippen LogP contribution is 2.10. The van der Waals surface area contributed by atoms with Gasteiger partial charge in [-0.25, -0.2) is 0 Å². The first-order chi connectivity index (χ1) is 14.0. The number of esters is 2. The van der Waals surface area contributed by atoms with Gasteiger partial charge in [0, 0.05) is 25.7 Å². The van der Waals surface area contributed by atoms with Gasteiger partial charge in [-0.05, 0) is 25.7 Å². The van der Waals surface area contributed by atoms with Crippen LogP contribution in [0.3, 0.4) is 0 Å². The van der Waals surface area contributed by atoms with Gasteiger partial charge < -0.3 is 24.5 Å². The molecule has 0 aliphatic heterocycles. The Morgan fingerprint density at radius 1 is 0.759 bits per heavy atom. The molecule has 0 aliphatic rings. The van der Waals surface area contributed by atoms with Crippen molar-refractivity contribution >= 4 is 24.2 Å². The molecule has 0 radical (unpaired) electrons. The molecule has 0 rings (SSSR count). The molecule has 0 saturated heterocycles. The number of carbonyl (C=O) groups excluding carboxylic acids is 3. The Kier molecular flexibility index (Phi) is 18.1. The molecule has 0 amide bonds. The summed E-state index contributed by atoms with van der Waals surface area (Å²) in [5.74, 6) is -1.62. The second kappa shape index (κ2) is 19.4. The van der Waals surface area contributed by atoms with Crippen molar-refractivity contribution in [1.29, 1.82) is 0 Å². The van der Waals surface area contributed by atoms with Crippen molar-refractivity contribution in [2.45, 2.75) is 96.0 Å². The zero-order chi connectivity index (χ0) is 21.7. The Morgan fingerprint density at radius 3 is 1.83 bits per heavy atom. The summed E-state index contributed by atoms with van der Waals surface area (Å²) in [6, 6.07) is 0. The van der Waals surface area contributed by atoms with Crippen molar-refractivity contribution in [3.8, 4) is 0 Å². The number of carboxylic acids is 1. The molecule has 0 spiro atoms. The average Bonchev–Trinajstić information content (AvgIpc) is 2.69. The van der Waals surface area contributed by atoms with E-state index in [0.29, 0.717) is 25.7 Å². The Bertz CT molecular complexity index is 464. The normalized spacial score (nSPS) is 11.6. The number of aldehydes is 1. The first-order valence-corrected chi connectivity index (χ1v) is 10.6. The molecule has 1 atom stereocenters. The standard InChI is InChI=1S/C21H36O8/c22-15-11-7-2-1-5-10-14-21(27)29-18(16-23)17-28-20(26)13-9-6-3-4-8-12-19(24)25/h15,18,23H,1-14,16-17H2,(H,24,25). The third-order valence-electron chi connectivity index (χ3n) is 4.41. The summed E-state index contributed by atoms with van der Waals surface area (Å²) < 4.78 is 10.2. The fourth-order valence-electron chi connectivity index (χ4n) is 2.73. The predicted octanol–water partition coefficient (Wildman–Crippen LogP) is 3.18. The van der Waals surface area contributed by atoms with Crippen LogP contribution in [0.5, 0.6) is 0 Å². The molecule has 0 aromatic heterocycles. The van der Waals surface area contributed by atoms with E-state index in [9.17, 15) is 24.3 Å². The van der Waals surface area contributed by atoms with Crippen LogP contribution in [0.2, 0.25) is 0 Å². The van der Waals surface area contributed by atoms with Crippen LogP contribution >= 0.6 is 0 Å². The van der Waals surface area contributed by atoms with E-state index in [1.807, 2.05) is 0 Å². The van der Waals surface area contributed by atoms with Gasteiger partial charge in [0.25, 0.3) is 0 Å². The third-order valence-corrected chi connectivity index (χ3v) is 4.41. The van der Waals surface area contributed by atoms with E-state index in [2.05, 4.69) is 0 Å². The fourth-order valence-corrected chi connectivity index (χ4v) is 2.73. The van der Waals surface area contributed by atoms with E-state index in [-0.39, 0.29) is 25.9 Å². The molecule has 1 unspecified atom stereocenters. The number of hydrogen-bond donors (Lipinski definition) is 2. The van der Waals surface area contributed by atoms with Gasteiger partial charge in [0.05, 0.1) is 6.61 Å². The monoisotopic (exact) mass is 416 g/mol. The number of hydrogen-bond acceptors (Lipinski definition) is 7. The number of aliphatic carboxylic acids is 1. The minimum atomic E-state index is -0.852. The SMILES string of the molecule is O=CCCCCCCCC(=O)OC(CO)COC(=O)CCCCCCCC(=O)O. The van der Waals surface area contributed by atoms with Crippen molar-refractivity contribution < 1.29 is 38.9 Å². The molecule has 0 heterocycles. The van der Waals surface area contributed by atoms with Gasteiger partial charge >= 0.3 is 17.9 Å². The van der Waals surface area contributed by atoms with Gasteiger partial charge in [-0.2, -0.15) is 0 Å². The van der Waals surface area contributed by atoms with Crippen molar-refractivity contribution in [3.63, 3.8) is 0 Å². The van der Waals surface area contributed by atoms with Gasteiger partial charge in [-0.1, -0.05) is 38.5 Å². The predicted molar refractivity (Wildman–Crippen MR) is 106 cm³/mol. The zero-order valence-electron chi connectivity index (χ0n) is 17.3. The van der Waals surface area contributed by atoms with Gasteiger partial charge in [0.2, 0.25) is 0 Å². The van der Waals surface area contributed by atoms with E-state index in [0.717, 1.165) is 51.2 Å². The Morgan fingerprint density at radius 2 is 1.28 bits per heavy atom. The summed E-state index contributed by atoms with van der Waals surface area (Å²) in [6.07, 6.45) is 9.47. The van der Waals surface area contributed by atoms with E-state index < -0.39 is 30.6 Å². The highest BCUT2D eigenvalue weighted by molar-refractivity contribution is 5.70. The molecule has 0 aromatic carbocycles. The molecule has 8 heteroatoms. The molecule has 2 N–H and O–H groups in total. The molecule has 29 heavy (non-hydrogen) atoms. The quantitative estimate of drug-likeness (QED) is 0.176. The molecule has 168 valence electrons. The maximum Gasteiger partial charge on any atom is 0.306 e.